The molecule has 1 aliphatic rings. The van der Waals surface area contributed by atoms with Crippen molar-refractivity contribution in [1.82, 2.24) is 5.32 Å². The first-order valence-electron chi connectivity index (χ1n) is 6.32. The van der Waals surface area contributed by atoms with E-state index in [1.54, 1.807) is 0 Å². The van der Waals surface area contributed by atoms with Crippen LogP contribution < -0.4 is 10.6 Å². The number of carbonyl (C=O) groups is 1. The van der Waals surface area contributed by atoms with Crippen molar-refractivity contribution in [3.05, 3.63) is 29.8 Å². The van der Waals surface area contributed by atoms with Crippen molar-refractivity contribution in [2.24, 2.45) is 11.8 Å². The molecular weight excluding hydrogens is 212 g/mol. The molecule has 3 nitrogen and oxygen atoms in total. The lowest BCUT2D eigenvalue weighted by atomic mass is 9.97. The lowest BCUT2D eigenvalue weighted by Crippen LogP contribution is -2.28. The van der Waals surface area contributed by atoms with Crippen LogP contribution in [-0.2, 0) is 11.2 Å². The van der Waals surface area contributed by atoms with Gasteiger partial charge in [-0.1, -0.05) is 32.0 Å². The van der Waals surface area contributed by atoms with Crippen LogP contribution in [0.4, 0.5) is 5.69 Å². The van der Waals surface area contributed by atoms with Gasteiger partial charge < -0.3 is 10.6 Å². The first kappa shape index (κ1) is 12.1. The van der Waals surface area contributed by atoms with E-state index in [1.165, 1.54) is 5.56 Å². The van der Waals surface area contributed by atoms with E-state index in [0.29, 0.717) is 5.92 Å². The molecule has 0 spiro atoms. The Labute approximate surface area is 103 Å². The summed E-state index contributed by atoms with van der Waals surface area (Å²) in [5.74, 6) is 0.659. The monoisotopic (exact) mass is 232 g/mol. The number of aryl methyl sites for hydroxylation is 1. The summed E-state index contributed by atoms with van der Waals surface area (Å²) >= 11 is 0. The minimum Gasteiger partial charge on any atom is -0.326 e. The molecule has 1 aromatic carbocycles. The van der Waals surface area contributed by atoms with Crippen LogP contribution in [0.15, 0.2) is 24.3 Å². The molecule has 2 unspecified atom stereocenters. The molecule has 1 amide bonds. The third-order valence-corrected chi connectivity index (χ3v) is 3.51. The van der Waals surface area contributed by atoms with Crippen LogP contribution in [0.25, 0.3) is 0 Å². The average Bonchev–Trinajstić information content (AvgIpc) is 2.76. The summed E-state index contributed by atoms with van der Waals surface area (Å²) in [7, 11) is 0. The van der Waals surface area contributed by atoms with Crippen LogP contribution in [0.3, 0.4) is 0 Å². The molecule has 92 valence electrons. The van der Waals surface area contributed by atoms with E-state index in [0.717, 1.165) is 25.2 Å². The Balaban J connectivity index is 2.07. The highest BCUT2D eigenvalue weighted by atomic mass is 16.1. The molecule has 1 fully saturated rings. The molecule has 1 heterocycles. The predicted octanol–water partition coefficient (Wildman–Crippen LogP) is 2.04. The summed E-state index contributed by atoms with van der Waals surface area (Å²) in [5, 5.41) is 6.31. The Hall–Kier alpha value is -1.35. The Morgan fingerprint density at radius 1 is 1.41 bits per heavy atom. The molecule has 1 aliphatic heterocycles. The number of carbonyl (C=O) groups excluding carboxylic acids is 1. The number of rotatable bonds is 3. The van der Waals surface area contributed by atoms with Crippen molar-refractivity contribution >= 4 is 11.6 Å². The minimum atomic E-state index is 0.0971. The van der Waals surface area contributed by atoms with Gasteiger partial charge in [0.2, 0.25) is 5.91 Å². The van der Waals surface area contributed by atoms with Crippen LogP contribution in [0.1, 0.15) is 19.4 Å². The zero-order valence-corrected chi connectivity index (χ0v) is 10.5. The summed E-state index contributed by atoms with van der Waals surface area (Å²) in [6, 6.07) is 8.01. The Morgan fingerprint density at radius 3 is 2.82 bits per heavy atom. The highest BCUT2D eigenvalue weighted by Crippen LogP contribution is 2.20. The van der Waals surface area contributed by atoms with E-state index in [4.69, 9.17) is 0 Å². The smallest absolute Gasteiger partial charge is 0.229 e. The molecule has 1 aromatic rings. The van der Waals surface area contributed by atoms with Gasteiger partial charge in [-0.05, 0) is 30.5 Å². The molecule has 2 N–H and O–H groups in total. The number of hydrogen-bond donors (Lipinski definition) is 2. The van der Waals surface area contributed by atoms with Crippen LogP contribution in [0, 0.1) is 11.8 Å². The van der Waals surface area contributed by atoms with Crippen molar-refractivity contribution in [3.63, 3.8) is 0 Å². The van der Waals surface area contributed by atoms with E-state index in [-0.39, 0.29) is 11.8 Å². The average molecular weight is 232 g/mol. The van der Waals surface area contributed by atoms with Crippen molar-refractivity contribution in [2.75, 3.05) is 18.4 Å². The first-order valence-corrected chi connectivity index (χ1v) is 6.32. The van der Waals surface area contributed by atoms with Gasteiger partial charge >= 0.3 is 0 Å². The third kappa shape index (κ3) is 2.67. The van der Waals surface area contributed by atoms with Crippen molar-refractivity contribution in [3.8, 4) is 0 Å². The number of nitrogens with one attached hydrogen (secondary N) is 2. The van der Waals surface area contributed by atoms with Crippen molar-refractivity contribution < 1.29 is 4.79 Å². The second-order valence-corrected chi connectivity index (χ2v) is 4.74. The van der Waals surface area contributed by atoms with E-state index in [9.17, 15) is 4.79 Å². The highest BCUT2D eigenvalue weighted by Gasteiger charge is 2.29. The summed E-state index contributed by atoms with van der Waals surface area (Å²) in [4.78, 5) is 12.1. The molecule has 0 aliphatic carbocycles. The van der Waals surface area contributed by atoms with Crippen LogP contribution in [-0.4, -0.2) is 19.0 Å². The van der Waals surface area contributed by atoms with E-state index >= 15 is 0 Å². The molecule has 1 saturated heterocycles. The fourth-order valence-electron chi connectivity index (χ4n) is 2.34. The Bertz CT molecular complexity index is 403. The standard InChI is InChI=1S/C14H20N2O/c1-3-11-6-4-5-7-13(11)16-14(17)12-9-15-8-10(12)2/h4-7,10,12,15H,3,8-9H2,1-2H3,(H,16,17). The number of anilines is 1. The zero-order chi connectivity index (χ0) is 12.3. The zero-order valence-electron chi connectivity index (χ0n) is 10.5. The maximum atomic E-state index is 12.1. The van der Waals surface area contributed by atoms with E-state index in [1.807, 2.05) is 18.2 Å². The van der Waals surface area contributed by atoms with Crippen LogP contribution >= 0.6 is 0 Å². The Morgan fingerprint density at radius 2 is 2.18 bits per heavy atom. The molecule has 17 heavy (non-hydrogen) atoms. The maximum absolute atomic E-state index is 12.1. The highest BCUT2D eigenvalue weighted by molar-refractivity contribution is 5.93. The molecule has 0 bridgehead atoms. The van der Waals surface area contributed by atoms with Crippen LogP contribution in [0.2, 0.25) is 0 Å². The largest absolute Gasteiger partial charge is 0.326 e. The quantitative estimate of drug-likeness (QED) is 0.837. The van der Waals surface area contributed by atoms with Gasteiger partial charge in [-0.2, -0.15) is 0 Å². The van der Waals surface area contributed by atoms with Crippen molar-refractivity contribution in [1.29, 1.82) is 0 Å². The molecule has 2 rings (SSSR count). The lowest BCUT2D eigenvalue weighted by Gasteiger charge is -2.16. The lowest BCUT2D eigenvalue weighted by molar-refractivity contribution is -0.120. The molecular formula is C14H20N2O. The fraction of sp³-hybridized carbons (Fsp3) is 0.500. The maximum Gasteiger partial charge on any atom is 0.229 e. The van der Waals surface area contributed by atoms with Gasteiger partial charge in [-0.15, -0.1) is 0 Å². The molecule has 0 saturated carbocycles. The summed E-state index contributed by atoms with van der Waals surface area (Å²) in [6.45, 7) is 5.95. The van der Waals surface area contributed by atoms with Gasteiger partial charge in [0.25, 0.3) is 0 Å². The second-order valence-electron chi connectivity index (χ2n) is 4.74. The number of benzene rings is 1. The second kappa shape index (κ2) is 5.32. The van der Waals surface area contributed by atoms with Gasteiger partial charge in [0.1, 0.15) is 0 Å². The minimum absolute atomic E-state index is 0.0971. The number of amides is 1. The normalized spacial score (nSPS) is 23.6. The van der Waals surface area contributed by atoms with E-state index in [2.05, 4.69) is 30.5 Å². The third-order valence-electron chi connectivity index (χ3n) is 3.51. The fourth-order valence-corrected chi connectivity index (χ4v) is 2.34. The van der Waals surface area contributed by atoms with Gasteiger partial charge in [0.15, 0.2) is 0 Å². The Kier molecular flexibility index (Phi) is 3.79. The molecule has 2 atom stereocenters. The number of hydrogen-bond acceptors (Lipinski definition) is 2. The molecule has 0 aromatic heterocycles. The summed E-state index contributed by atoms with van der Waals surface area (Å²) in [6.07, 6.45) is 0.939. The van der Waals surface area contributed by atoms with Gasteiger partial charge in [0, 0.05) is 12.2 Å². The first-order chi connectivity index (χ1) is 8.22. The summed E-state index contributed by atoms with van der Waals surface area (Å²) < 4.78 is 0. The van der Waals surface area contributed by atoms with E-state index < -0.39 is 0 Å². The van der Waals surface area contributed by atoms with Crippen molar-refractivity contribution in [2.45, 2.75) is 20.3 Å². The summed E-state index contributed by atoms with van der Waals surface area (Å²) in [5.41, 5.74) is 2.15. The van der Waals surface area contributed by atoms with Gasteiger partial charge in [0.05, 0.1) is 5.92 Å². The SMILES string of the molecule is CCc1ccccc1NC(=O)C1CNCC1C. The molecule has 0 radical (unpaired) electrons. The molecule has 3 heteroatoms. The van der Waals surface area contributed by atoms with Crippen LogP contribution in [0.5, 0.6) is 0 Å². The predicted molar refractivity (Wildman–Crippen MR) is 70.0 cm³/mol. The topological polar surface area (TPSA) is 41.1 Å². The van der Waals surface area contributed by atoms with Gasteiger partial charge in [-0.3, -0.25) is 4.79 Å². The number of para-hydroxylation sites is 1. The van der Waals surface area contributed by atoms with Gasteiger partial charge in [-0.25, -0.2) is 0 Å².